The first kappa shape index (κ1) is 20.9. The summed E-state index contributed by atoms with van der Waals surface area (Å²) in [6.45, 7) is 2.90. The predicted molar refractivity (Wildman–Crippen MR) is 123 cm³/mol. The van der Waals surface area contributed by atoms with Gasteiger partial charge in [0.1, 0.15) is 17.0 Å². The SMILES string of the molecule is Cc1ccc(OCCSc2nc(Cn3nnc4ccccc43)c(N(C)C)c(=O)[nH]2)cc1. The van der Waals surface area contributed by atoms with E-state index in [0.717, 1.165) is 16.8 Å². The molecule has 0 aliphatic carbocycles. The summed E-state index contributed by atoms with van der Waals surface area (Å²) < 4.78 is 7.53. The van der Waals surface area contributed by atoms with E-state index in [4.69, 9.17) is 9.72 Å². The van der Waals surface area contributed by atoms with Gasteiger partial charge in [0, 0.05) is 19.8 Å². The van der Waals surface area contributed by atoms with Crippen LogP contribution in [0.4, 0.5) is 5.69 Å². The summed E-state index contributed by atoms with van der Waals surface area (Å²) in [5.41, 5.74) is 3.88. The van der Waals surface area contributed by atoms with E-state index in [0.29, 0.717) is 35.4 Å². The highest BCUT2D eigenvalue weighted by atomic mass is 32.2. The Morgan fingerprint density at radius 3 is 2.68 bits per heavy atom. The number of aromatic amines is 1. The van der Waals surface area contributed by atoms with Crippen molar-refractivity contribution in [2.24, 2.45) is 0 Å². The van der Waals surface area contributed by atoms with Gasteiger partial charge in [-0.3, -0.25) is 9.78 Å². The fourth-order valence-corrected chi connectivity index (χ4v) is 3.94. The fourth-order valence-electron chi connectivity index (χ4n) is 3.24. The van der Waals surface area contributed by atoms with Crippen molar-refractivity contribution in [1.29, 1.82) is 0 Å². The highest BCUT2D eigenvalue weighted by molar-refractivity contribution is 7.99. The summed E-state index contributed by atoms with van der Waals surface area (Å²) in [6.07, 6.45) is 0. The van der Waals surface area contributed by atoms with Crippen LogP contribution in [-0.4, -0.2) is 51.4 Å². The minimum absolute atomic E-state index is 0.179. The Bertz CT molecular complexity index is 1230. The van der Waals surface area contributed by atoms with Gasteiger partial charge in [-0.1, -0.05) is 46.8 Å². The van der Waals surface area contributed by atoms with Crippen LogP contribution in [-0.2, 0) is 6.54 Å². The molecule has 8 nitrogen and oxygen atoms in total. The summed E-state index contributed by atoms with van der Waals surface area (Å²) in [6, 6.07) is 15.7. The standard InChI is InChI=1S/C22H24N6O2S/c1-15-8-10-16(11-9-15)30-12-13-31-22-23-18(20(27(2)3)21(29)24-22)14-28-19-7-5-4-6-17(19)25-26-28/h4-11H,12-14H2,1-3H3,(H,23,24,29). The van der Waals surface area contributed by atoms with E-state index in [-0.39, 0.29) is 5.56 Å². The third-order valence-corrected chi connectivity index (χ3v) is 5.56. The molecule has 0 bridgehead atoms. The Hall–Kier alpha value is -3.33. The molecule has 160 valence electrons. The lowest BCUT2D eigenvalue weighted by molar-refractivity contribution is 0.344. The molecule has 4 aromatic rings. The number of anilines is 1. The quantitative estimate of drug-likeness (QED) is 0.258. The molecule has 9 heteroatoms. The van der Waals surface area contributed by atoms with E-state index >= 15 is 0 Å². The van der Waals surface area contributed by atoms with E-state index < -0.39 is 0 Å². The number of rotatable bonds is 8. The van der Waals surface area contributed by atoms with E-state index in [9.17, 15) is 4.79 Å². The third-order valence-electron chi connectivity index (χ3n) is 4.72. The molecule has 0 amide bonds. The lowest BCUT2D eigenvalue weighted by Crippen LogP contribution is -2.25. The van der Waals surface area contributed by atoms with Crippen molar-refractivity contribution in [3.63, 3.8) is 0 Å². The molecule has 0 saturated heterocycles. The molecule has 0 unspecified atom stereocenters. The average Bonchev–Trinajstić information content (AvgIpc) is 3.15. The van der Waals surface area contributed by atoms with Crippen LogP contribution in [0.1, 0.15) is 11.3 Å². The molecule has 0 fully saturated rings. The molecule has 2 aromatic carbocycles. The molecule has 1 N–H and O–H groups in total. The number of aromatic nitrogens is 5. The number of hydrogen-bond acceptors (Lipinski definition) is 7. The summed E-state index contributed by atoms with van der Waals surface area (Å²) in [5, 5.41) is 8.99. The Kier molecular flexibility index (Phi) is 6.22. The van der Waals surface area contributed by atoms with E-state index in [2.05, 4.69) is 15.3 Å². The molecule has 4 rings (SSSR count). The van der Waals surface area contributed by atoms with Gasteiger partial charge in [-0.15, -0.1) is 5.10 Å². The van der Waals surface area contributed by atoms with Crippen LogP contribution >= 0.6 is 11.8 Å². The van der Waals surface area contributed by atoms with Crippen LogP contribution in [0, 0.1) is 6.92 Å². The van der Waals surface area contributed by atoms with E-state index in [1.165, 1.54) is 17.3 Å². The van der Waals surface area contributed by atoms with Crippen molar-refractivity contribution in [3.8, 4) is 5.75 Å². The number of H-pyrrole nitrogens is 1. The first-order valence-electron chi connectivity index (χ1n) is 9.92. The van der Waals surface area contributed by atoms with Gasteiger partial charge >= 0.3 is 0 Å². The van der Waals surface area contributed by atoms with Crippen molar-refractivity contribution >= 4 is 28.5 Å². The van der Waals surface area contributed by atoms with Crippen LogP contribution in [0.2, 0.25) is 0 Å². The number of aryl methyl sites for hydroxylation is 1. The molecule has 0 atom stereocenters. The molecule has 0 aliphatic heterocycles. The zero-order chi connectivity index (χ0) is 21.8. The van der Waals surface area contributed by atoms with Gasteiger partial charge in [-0.25, -0.2) is 9.67 Å². The van der Waals surface area contributed by atoms with Crippen LogP contribution in [0.15, 0.2) is 58.5 Å². The molecule has 0 spiro atoms. The second kappa shape index (κ2) is 9.22. The number of ether oxygens (including phenoxy) is 1. The zero-order valence-electron chi connectivity index (χ0n) is 17.7. The Morgan fingerprint density at radius 2 is 1.90 bits per heavy atom. The average molecular weight is 437 g/mol. The van der Waals surface area contributed by atoms with Gasteiger partial charge in [-0.05, 0) is 31.2 Å². The minimum Gasteiger partial charge on any atom is -0.493 e. The van der Waals surface area contributed by atoms with Gasteiger partial charge in [0.15, 0.2) is 5.16 Å². The van der Waals surface area contributed by atoms with Gasteiger partial charge in [0.2, 0.25) is 0 Å². The summed E-state index contributed by atoms with van der Waals surface area (Å²) >= 11 is 1.45. The lowest BCUT2D eigenvalue weighted by atomic mass is 10.2. The largest absolute Gasteiger partial charge is 0.493 e. The molecule has 2 aromatic heterocycles. The lowest BCUT2D eigenvalue weighted by Gasteiger charge is -2.16. The fraction of sp³-hybridized carbons (Fsp3) is 0.273. The first-order valence-corrected chi connectivity index (χ1v) is 10.9. The maximum absolute atomic E-state index is 12.8. The second-order valence-corrected chi connectivity index (χ2v) is 8.39. The van der Waals surface area contributed by atoms with Crippen molar-refractivity contribution in [3.05, 3.63) is 70.1 Å². The highest BCUT2D eigenvalue weighted by Gasteiger charge is 2.16. The normalized spacial score (nSPS) is 11.1. The zero-order valence-corrected chi connectivity index (χ0v) is 18.5. The Labute approximate surface area is 184 Å². The summed E-state index contributed by atoms with van der Waals surface area (Å²) in [7, 11) is 3.66. The van der Waals surface area contributed by atoms with E-state index in [1.807, 2.05) is 69.6 Å². The molecule has 0 aliphatic rings. The number of nitrogens with one attached hydrogen (secondary N) is 1. The van der Waals surface area contributed by atoms with Gasteiger partial charge < -0.3 is 9.64 Å². The number of hydrogen-bond donors (Lipinski definition) is 1. The molecule has 2 heterocycles. The Balaban J connectivity index is 1.50. The summed E-state index contributed by atoms with van der Waals surface area (Å²) in [4.78, 5) is 22.1. The maximum Gasteiger partial charge on any atom is 0.275 e. The van der Waals surface area contributed by atoms with Crippen molar-refractivity contribution in [2.75, 3.05) is 31.4 Å². The first-order chi connectivity index (χ1) is 15.0. The third kappa shape index (κ3) is 4.88. The van der Waals surface area contributed by atoms with Gasteiger partial charge in [0.05, 0.1) is 24.4 Å². The van der Waals surface area contributed by atoms with Crippen LogP contribution in [0.25, 0.3) is 11.0 Å². The molecule has 0 saturated carbocycles. The van der Waals surface area contributed by atoms with Crippen LogP contribution in [0.5, 0.6) is 5.75 Å². The van der Waals surface area contributed by atoms with E-state index in [1.54, 1.807) is 9.58 Å². The molecule has 31 heavy (non-hydrogen) atoms. The Morgan fingerprint density at radius 1 is 1.13 bits per heavy atom. The van der Waals surface area contributed by atoms with Crippen molar-refractivity contribution in [2.45, 2.75) is 18.6 Å². The van der Waals surface area contributed by atoms with Gasteiger partial charge in [-0.2, -0.15) is 0 Å². The highest BCUT2D eigenvalue weighted by Crippen LogP contribution is 2.20. The number of para-hydroxylation sites is 1. The number of nitrogens with zero attached hydrogens (tertiary/aromatic N) is 5. The minimum atomic E-state index is -0.179. The number of thioether (sulfide) groups is 1. The van der Waals surface area contributed by atoms with Crippen molar-refractivity contribution < 1.29 is 4.74 Å². The van der Waals surface area contributed by atoms with Crippen molar-refractivity contribution in [1.82, 2.24) is 25.0 Å². The summed E-state index contributed by atoms with van der Waals surface area (Å²) in [5.74, 6) is 1.48. The van der Waals surface area contributed by atoms with Crippen LogP contribution in [0.3, 0.4) is 0 Å². The number of fused-ring (bicyclic) bond motifs is 1. The smallest absolute Gasteiger partial charge is 0.275 e. The molecular formula is C22H24N6O2S. The van der Waals surface area contributed by atoms with Crippen LogP contribution < -0.4 is 15.2 Å². The second-order valence-electron chi connectivity index (χ2n) is 7.31. The molecule has 0 radical (unpaired) electrons. The number of benzene rings is 2. The molecular weight excluding hydrogens is 412 g/mol. The maximum atomic E-state index is 12.8. The van der Waals surface area contributed by atoms with Gasteiger partial charge in [0.25, 0.3) is 5.56 Å². The monoisotopic (exact) mass is 436 g/mol. The predicted octanol–water partition coefficient (Wildman–Crippen LogP) is 3.11. The topological polar surface area (TPSA) is 88.9 Å².